The van der Waals surface area contributed by atoms with Gasteiger partial charge in [0.05, 0.1) is 0 Å². The van der Waals surface area contributed by atoms with Crippen molar-refractivity contribution in [1.29, 1.82) is 0 Å². The average Bonchev–Trinajstić information content (AvgIpc) is 2.66. The molecule has 0 aliphatic carbocycles. The lowest BCUT2D eigenvalue weighted by molar-refractivity contribution is 0.0925. The van der Waals surface area contributed by atoms with Crippen molar-refractivity contribution >= 4 is 11.7 Å². The van der Waals surface area contributed by atoms with Crippen molar-refractivity contribution in [1.82, 2.24) is 5.32 Å². The van der Waals surface area contributed by atoms with Gasteiger partial charge in [0.2, 0.25) is 0 Å². The molecule has 1 rings (SSSR count). The van der Waals surface area contributed by atoms with Crippen LogP contribution < -0.4 is 10.6 Å². The molecule has 0 saturated carbocycles. The van der Waals surface area contributed by atoms with Gasteiger partial charge in [-0.15, -0.1) is 0 Å². The standard InChI is InChI=1S/C22H38N2O2/c1-5-9-12-18(6-2)17-26-16-11-15-23-22(25)24-21-19(7-3)13-10-14-20(21)8-4/h10,13-14,18H,5-9,11-12,15-17H2,1-4H3,(H2,23,24,25). The second-order valence-corrected chi connectivity index (χ2v) is 6.88. The number of urea groups is 1. The van der Waals surface area contributed by atoms with E-state index < -0.39 is 0 Å². The summed E-state index contributed by atoms with van der Waals surface area (Å²) in [5.74, 6) is 0.671. The summed E-state index contributed by atoms with van der Waals surface area (Å²) < 4.78 is 5.79. The second-order valence-electron chi connectivity index (χ2n) is 6.88. The lowest BCUT2D eigenvalue weighted by Crippen LogP contribution is -2.31. The van der Waals surface area contributed by atoms with E-state index in [0.717, 1.165) is 31.6 Å². The lowest BCUT2D eigenvalue weighted by atomic mass is 10.0. The van der Waals surface area contributed by atoms with Gasteiger partial charge < -0.3 is 15.4 Å². The third kappa shape index (κ3) is 8.22. The van der Waals surface area contributed by atoms with E-state index in [1.165, 1.54) is 36.8 Å². The van der Waals surface area contributed by atoms with E-state index in [-0.39, 0.29) is 6.03 Å². The maximum absolute atomic E-state index is 12.2. The number of unbranched alkanes of at least 4 members (excludes halogenated alkanes) is 1. The van der Waals surface area contributed by atoms with Crippen molar-refractivity contribution in [2.45, 2.75) is 72.6 Å². The van der Waals surface area contributed by atoms with Crippen LogP contribution in [0.4, 0.5) is 10.5 Å². The van der Waals surface area contributed by atoms with Gasteiger partial charge in [-0.1, -0.05) is 65.2 Å². The molecule has 1 aromatic carbocycles. The molecule has 2 N–H and O–H groups in total. The van der Waals surface area contributed by atoms with Gasteiger partial charge in [0.15, 0.2) is 0 Å². The molecule has 0 bridgehead atoms. The van der Waals surface area contributed by atoms with E-state index in [9.17, 15) is 4.79 Å². The van der Waals surface area contributed by atoms with Gasteiger partial charge in [0.25, 0.3) is 0 Å². The molecule has 148 valence electrons. The van der Waals surface area contributed by atoms with Crippen LogP contribution in [0.3, 0.4) is 0 Å². The quantitative estimate of drug-likeness (QED) is 0.452. The van der Waals surface area contributed by atoms with Crippen LogP contribution in [0.15, 0.2) is 18.2 Å². The minimum absolute atomic E-state index is 0.130. The van der Waals surface area contributed by atoms with Crippen molar-refractivity contribution in [3.63, 3.8) is 0 Å². The fraction of sp³-hybridized carbons (Fsp3) is 0.682. The summed E-state index contributed by atoms with van der Waals surface area (Å²) >= 11 is 0. The largest absolute Gasteiger partial charge is 0.381 e. The van der Waals surface area contributed by atoms with E-state index in [1.54, 1.807) is 0 Å². The summed E-state index contributed by atoms with van der Waals surface area (Å²) in [6.07, 6.45) is 7.62. The van der Waals surface area contributed by atoms with E-state index in [0.29, 0.717) is 19.1 Å². The maximum atomic E-state index is 12.2. The fourth-order valence-corrected chi connectivity index (χ4v) is 3.09. The number of hydrogen-bond donors (Lipinski definition) is 2. The molecular formula is C22H38N2O2. The zero-order valence-electron chi connectivity index (χ0n) is 17.2. The number of hydrogen-bond acceptors (Lipinski definition) is 2. The van der Waals surface area contributed by atoms with Crippen LogP contribution in [0.5, 0.6) is 0 Å². The van der Waals surface area contributed by atoms with Gasteiger partial charge in [0, 0.05) is 25.4 Å². The number of nitrogens with one attached hydrogen (secondary N) is 2. The molecule has 0 heterocycles. The summed E-state index contributed by atoms with van der Waals surface area (Å²) in [7, 11) is 0. The van der Waals surface area contributed by atoms with Crippen LogP contribution >= 0.6 is 0 Å². The molecule has 0 radical (unpaired) electrons. The highest BCUT2D eigenvalue weighted by Crippen LogP contribution is 2.22. The summed E-state index contributed by atoms with van der Waals surface area (Å²) in [6.45, 7) is 10.9. The fourth-order valence-electron chi connectivity index (χ4n) is 3.09. The number of amides is 2. The second kappa shape index (κ2) is 13.6. The summed E-state index contributed by atoms with van der Waals surface area (Å²) in [6, 6.07) is 6.08. The Morgan fingerprint density at radius 3 is 2.35 bits per heavy atom. The van der Waals surface area contributed by atoms with Gasteiger partial charge >= 0.3 is 6.03 Å². The Hall–Kier alpha value is -1.55. The van der Waals surface area contributed by atoms with Crippen molar-refractivity contribution in [2.75, 3.05) is 25.1 Å². The van der Waals surface area contributed by atoms with E-state index in [2.05, 4.69) is 56.5 Å². The summed E-state index contributed by atoms with van der Waals surface area (Å²) in [5.41, 5.74) is 3.33. The number of carbonyl (C=O) groups excluding carboxylic acids is 1. The zero-order chi connectivity index (χ0) is 19.2. The number of para-hydroxylation sites is 1. The van der Waals surface area contributed by atoms with Crippen molar-refractivity contribution in [3.05, 3.63) is 29.3 Å². The van der Waals surface area contributed by atoms with Crippen molar-refractivity contribution < 1.29 is 9.53 Å². The summed E-state index contributed by atoms with van der Waals surface area (Å²) in [4.78, 5) is 12.2. The first-order chi connectivity index (χ1) is 12.7. The number of rotatable bonds is 13. The molecule has 1 atom stereocenters. The maximum Gasteiger partial charge on any atom is 0.319 e. The van der Waals surface area contributed by atoms with Crippen molar-refractivity contribution in [3.8, 4) is 0 Å². The zero-order valence-corrected chi connectivity index (χ0v) is 17.2. The molecular weight excluding hydrogens is 324 g/mol. The normalized spacial score (nSPS) is 12.0. The molecule has 0 aromatic heterocycles. The summed E-state index contributed by atoms with van der Waals surface area (Å²) in [5, 5.41) is 5.97. The predicted octanol–water partition coefficient (Wildman–Crippen LogP) is 5.56. The Balaban J connectivity index is 2.27. The Labute approximate surface area is 160 Å². The molecule has 0 spiro atoms. The molecule has 0 fully saturated rings. The SMILES string of the molecule is CCCCC(CC)COCCCNC(=O)Nc1c(CC)cccc1CC. The van der Waals surface area contributed by atoms with Crippen LogP contribution in [0.25, 0.3) is 0 Å². The van der Waals surface area contributed by atoms with E-state index >= 15 is 0 Å². The van der Waals surface area contributed by atoms with E-state index in [4.69, 9.17) is 4.74 Å². The first-order valence-corrected chi connectivity index (χ1v) is 10.4. The molecule has 1 unspecified atom stereocenters. The highest BCUT2D eigenvalue weighted by Gasteiger charge is 2.09. The highest BCUT2D eigenvalue weighted by molar-refractivity contribution is 5.91. The Bertz CT molecular complexity index is 495. The average molecular weight is 363 g/mol. The predicted molar refractivity (Wildman–Crippen MR) is 111 cm³/mol. The molecule has 0 saturated heterocycles. The molecule has 2 amide bonds. The van der Waals surface area contributed by atoms with Crippen LogP contribution in [0.2, 0.25) is 0 Å². The van der Waals surface area contributed by atoms with Crippen molar-refractivity contribution in [2.24, 2.45) is 5.92 Å². The number of benzene rings is 1. The number of ether oxygens (including phenoxy) is 1. The van der Waals surface area contributed by atoms with Crippen LogP contribution in [-0.4, -0.2) is 25.8 Å². The third-order valence-corrected chi connectivity index (χ3v) is 4.89. The van der Waals surface area contributed by atoms with Gasteiger partial charge in [-0.2, -0.15) is 0 Å². The Morgan fingerprint density at radius 2 is 1.77 bits per heavy atom. The molecule has 4 heteroatoms. The Morgan fingerprint density at radius 1 is 1.08 bits per heavy atom. The van der Waals surface area contributed by atoms with Gasteiger partial charge in [0.1, 0.15) is 0 Å². The highest BCUT2D eigenvalue weighted by atomic mass is 16.5. The number of aryl methyl sites for hydroxylation is 2. The first kappa shape index (κ1) is 22.5. The molecule has 1 aromatic rings. The van der Waals surface area contributed by atoms with Gasteiger partial charge in [-0.05, 0) is 42.7 Å². The molecule has 26 heavy (non-hydrogen) atoms. The first-order valence-electron chi connectivity index (χ1n) is 10.4. The monoisotopic (exact) mass is 362 g/mol. The van der Waals surface area contributed by atoms with Gasteiger partial charge in [-0.25, -0.2) is 4.79 Å². The molecule has 4 nitrogen and oxygen atoms in total. The minimum Gasteiger partial charge on any atom is -0.381 e. The number of anilines is 1. The van der Waals surface area contributed by atoms with Crippen LogP contribution in [0, 0.1) is 5.92 Å². The topological polar surface area (TPSA) is 50.4 Å². The van der Waals surface area contributed by atoms with Crippen LogP contribution in [0.1, 0.15) is 70.9 Å². The van der Waals surface area contributed by atoms with Gasteiger partial charge in [-0.3, -0.25) is 0 Å². The molecule has 0 aliphatic rings. The smallest absolute Gasteiger partial charge is 0.319 e. The van der Waals surface area contributed by atoms with E-state index in [1.807, 2.05) is 0 Å². The minimum atomic E-state index is -0.130. The van der Waals surface area contributed by atoms with Crippen LogP contribution in [-0.2, 0) is 17.6 Å². The number of carbonyl (C=O) groups is 1. The third-order valence-electron chi connectivity index (χ3n) is 4.89. The Kier molecular flexibility index (Phi) is 11.8. The lowest BCUT2D eigenvalue weighted by Gasteiger charge is -2.16. The molecule has 0 aliphatic heterocycles.